The van der Waals surface area contributed by atoms with Crippen molar-refractivity contribution in [1.29, 1.82) is 0 Å². The number of benzene rings is 2. The molecule has 12 nitrogen and oxygen atoms in total. The molecule has 15 heteroatoms. The minimum Gasteiger partial charge on any atom is -0.490 e. The average Bonchev–Trinajstić information content (AvgIpc) is 3.55. The SMILES string of the molecule is COc1cc(C(=O)Nc2ccc3c(c2)OC(F)(F)O3)c(NC(=O)c2c(OC(C)C)ccc3nc(N4C5COCC4C5)sc23)cn1. The van der Waals surface area contributed by atoms with Crippen LogP contribution in [0, 0.1) is 0 Å². The quantitative estimate of drug-likeness (QED) is 0.262. The minimum absolute atomic E-state index is 0.00935. The lowest BCUT2D eigenvalue weighted by molar-refractivity contribution is -0.286. The Morgan fingerprint density at radius 1 is 1.07 bits per heavy atom. The number of fused-ring (bicyclic) bond motifs is 4. The predicted octanol–water partition coefficient (Wildman–Crippen LogP) is 5.29. The van der Waals surface area contributed by atoms with Crippen LogP contribution in [0.3, 0.4) is 0 Å². The van der Waals surface area contributed by atoms with E-state index in [4.69, 9.17) is 19.2 Å². The molecule has 2 bridgehead atoms. The van der Waals surface area contributed by atoms with Crippen molar-refractivity contribution in [3.05, 3.63) is 53.7 Å². The molecule has 2 unspecified atom stereocenters. The summed E-state index contributed by atoms with van der Waals surface area (Å²) in [5.41, 5.74) is 1.16. The van der Waals surface area contributed by atoms with Crippen LogP contribution in [0.1, 0.15) is 41.0 Å². The molecule has 5 heterocycles. The molecule has 0 saturated carbocycles. The third-order valence-corrected chi connectivity index (χ3v) is 8.61. The van der Waals surface area contributed by atoms with E-state index in [2.05, 4.69) is 30.0 Å². The topological polar surface area (TPSA) is 133 Å². The van der Waals surface area contributed by atoms with Gasteiger partial charge in [0.25, 0.3) is 11.8 Å². The van der Waals surface area contributed by atoms with E-state index in [1.54, 1.807) is 6.07 Å². The molecule has 0 aliphatic carbocycles. The summed E-state index contributed by atoms with van der Waals surface area (Å²) in [6.07, 6.45) is -1.68. The molecule has 0 spiro atoms. The van der Waals surface area contributed by atoms with Crippen molar-refractivity contribution >= 4 is 49.9 Å². The van der Waals surface area contributed by atoms with Gasteiger partial charge in [0.05, 0.1) is 66.2 Å². The van der Waals surface area contributed by atoms with Gasteiger partial charge in [0.2, 0.25) is 5.88 Å². The maximum Gasteiger partial charge on any atom is 0.586 e. The zero-order valence-corrected chi connectivity index (χ0v) is 25.1. The summed E-state index contributed by atoms with van der Waals surface area (Å²) in [6, 6.07) is 9.24. The number of hydrogen-bond acceptors (Lipinski definition) is 11. The van der Waals surface area contributed by atoms with Crippen molar-refractivity contribution in [2.24, 2.45) is 0 Å². The first kappa shape index (κ1) is 29.0. The fourth-order valence-corrected chi connectivity index (χ4v) is 6.78. The Morgan fingerprint density at radius 3 is 2.58 bits per heavy atom. The molecule has 4 aromatic rings. The zero-order valence-electron chi connectivity index (χ0n) is 24.3. The molecule has 2 N–H and O–H groups in total. The van der Waals surface area contributed by atoms with Crippen molar-refractivity contribution in [3.63, 3.8) is 0 Å². The molecular formula is C30H27F2N5O7S. The van der Waals surface area contributed by atoms with Crippen LogP contribution < -0.4 is 34.5 Å². The number of nitrogens with one attached hydrogen (secondary N) is 2. The highest BCUT2D eigenvalue weighted by Gasteiger charge is 2.44. The summed E-state index contributed by atoms with van der Waals surface area (Å²) in [5, 5.41) is 6.25. The number of morpholine rings is 1. The summed E-state index contributed by atoms with van der Waals surface area (Å²) in [5.74, 6) is -1.12. The van der Waals surface area contributed by atoms with Crippen LogP contribution in [0.5, 0.6) is 23.1 Å². The van der Waals surface area contributed by atoms with Crippen molar-refractivity contribution < 1.29 is 42.1 Å². The second-order valence-electron chi connectivity index (χ2n) is 10.9. The highest BCUT2D eigenvalue weighted by atomic mass is 32.1. The predicted molar refractivity (Wildman–Crippen MR) is 160 cm³/mol. The van der Waals surface area contributed by atoms with E-state index in [0.717, 1.165) is 11.6 Å². The highest BCUT2D eigenvalue weighted by molar-refractivity contribution is 7.22. The number of aromatic nitrogens is 2. The molecule has 0 radical (unpaired) electrons. The first-order valence-electron chi connectivity index (χ1n) is 14.1. The largest absolute Gasteiger partial charge is 0.586 e. The zero-order chi connectivity index (χ0) is 31.5. The van der Waals surface area contributed by atoms with E-state index in [-0.39, 0.29) is 58.1 Å². The molecular weight excluding hydrogens is 612 g/mol. The number of halogens is 2. The van der Waals surface area contributed by atoms with Crippen LogP contribution in [0.25, 0.3) is 10.2 Å². The third kappa shape index (κ3) is 5.42. The minimum atomic E-state index is -3.80. The van der Waals surface area contributed by atoms with E-state index in [9.17, 15) is 18.4 Å². The molecule has 2 saturated heterocycles. The highest BCUT2D eigenvalue weighted by Crippen LogP contribution is 2.44. The van der Waals surface area contributed by atoms with Crippen LogP contribution in [0.2, 0.25) is 0 Å². The van der Waals surface area contributed by atoms with Gasteiger partial charge in [0.15, 0.2) is 16.6 Å². The lowest BCUT2D eigenvalue weighted by Crippen LogP contribution is -2.64. The maximum absolute atomic E-state index is 14.0. The number of carbonyl (C=O) groups excluding carboxylic acids is 2. The number of rotatable bonds is 8. The fourth-order valence-electron chi connectivity index (χ4n) is 5.54. The lowest BCUT2D eigenvalue weighted by atomic mass is 9.92. The van der Waals surface area contributed by atoms with Gasteiger partial charge in [-0.25, -0.2) is 9.97 Å². The van der Waals surface area contributed by atoms with Crippen molar-refractivity contribution in [3.8, 4) is 23.1 Å². The normalized spacial score (nSPS) is 19.3. The Morgan fingerprint density at radius 2 is 1.84 bits per heavy atom. The number of amides is 2. The van der Waals surface area contributed by atoms with Gasteiger partial charge in [-0.3, -0.25) is 9.59 Å². The van der Waals surface area contributed by atoms with Crippen molar-refractivity contribution in [2.45, 2.75) is 44.8 Å². The van der Waals surface area contributed by atoms with E-state index in [1.165, 1.54) is 48.9 Å². The lowest BCUT2D eigenvalue weighted by Gasteiger charge is -2.52. The second kappa shape index (κ2) is 11.0. The number of methoxy groups -OCH3 is 1. The fraction of sp³-hybridized carbons (Fsp3) is 0.333. The number of thiazole rings is 1. The summed E-state index contributed by atoms with van der Waals surface area (Å²) >= 11 is 1.40. The number of pyridine rings is 1. The van der Waals surface area contributed by atoms with Gasteiger partial charge in [-0.2, -0.15) is 0 Å². The molecule has 45 heavy (non-hydrogen) atoms. The van der Waals surface area contributed by atoms with E-state index < -0.39 is 18.1 Å². The Hall–Kier alpha value is -4.76. The molecule has 2 aromatic carbocycles. The van der Waals surface area contributed by atoms with Crippen LogP contribution in [0.15, 0.2) is 42.6 Å². The molecule has 2 atom stereocenters. The second-order valence-corrected chi connectivity index (χ2v) is 11.9. The molecule has 234 valence electrons. The van der Waals surface area contributed by atoms with Gasteiger partial charge in [-0.15, -0.1) is 8.78 Å². The number of alkyl halides is 2. The molecule has 3 aliphatic rings. The van der Waals surface area contributed by atoms with Crippen molar-refractivity contribution in [2.75, 3.05) is 35.9 Å². The first-order chi connectivity index (χ1) is 21.6. The maximum atomic E-state index is 14.0. The first-order valence-corrected chi connectivity index (χ1v) is 14.9. The number of anilines is 3. The van der Waals surface area contributed by atoms with Crippen LogP contribution in [0.4, 0.5) is 25.3 Å². The third-order valence-electron chi connectivity index (χ3n) is 7.51. The number of hydrogen-bond donors (Lipinski definition) is 2. The Labute approximate surface area is 259 Å². The Kier molecular flexibility index (Phi) is 7.08. The number of nitrogens with zero attached hydrogens (tertiary/aromatic N) is 3. The molecule has 2 amide bonds. The van der Waals surface area contributed by atoms with Gasteiger partial charge < -0.3 is 39.2 Å². The van der Waals surface area contributed by atoms with Gasteiger partial charge >= 0.3 is 6.29 Å². The number of carbonyl (C=O) groups is 2. The van der Waals surface area contributed by atoms with Gasteiger partial charge in [0.1, 0.15) is 11.3 Å². The molecule has 2 aromatic heterocycles. The summed E-state index contributed by atoms with van der Waals surface area (Å²) in [4.78, 5) is 38.7. The summed E-state index contributed by atoms with van der Waals surface area (Å²) in [6.45, 7) is 4.99. The summed E-state index contributed by atoms with van der Waals surface area (Å²) < 4.78 is 53.4. The van der Waals surface area contributed by atoms with Gasteiger partial charge in [-0.05, 0) is 44.5 Å². The van der Waals surface area contributed by atoms with E-state index in [1.807, 2.05) is 19.9 Å². The molecule has 7 rings (SSSR count). The Balaban J connectivity index is 1.20. The van der Waals surface area contributed by atoms with Gasteiger partial charge in [0, 0.05) is 17.8 Å². The molecule has 3 aliphatic heterocycles. The van der Waals surface area contributed by atoms with Crippen molar-refractivity contribution in [1.82, 2.24) is 9.97 Å². The number of ether oxygens (including phenoxy) is 5. The van der Waals surface area contributed by atoms with Crippen LogP contribution in [-0.4, -0.2) is 66.6 Å². The molecule has 2 fully saturated rings. The smallest absolute Gasteiger partial charge is 0.490 e. The summed E-state index contributed by atoms with van der Waals surface area (Å²) in [7, 11) is 1.39. The average molecular weight is 640 g/mol. The van der Waals surface area contributed by atoms with Gasteiger partial charge in [-0.1, -0.05) is 11.3 Å². The monoisotopic (exact) mass is 639 g/mol. The van der Waals surface area contributed by atoms with E-state index in [0.29, 0.717) is 29.2 Å². The van der Waals surface area contributed by atoms with Crippen LogP contribution in [-0.2, 0) is 4.74 Å². The standard InChI is InChI=1S/C30H27F2N5O7S/c1-14(2)42-22-7-5-19-26(45-29(36-19)37-16-9-17(37)13-41-12-16)25(22)28(39)35-20-11-33-24(40-3)10-18(20)27(38)34-15-4-6-21-23(8-15)44-30(31,32)43-21/h4-8,10-11,14,16-17H,9,12-13H2,1-3H3,(H,34,38)(H,35,39). The van der Waals surface area contributed by atoms with E-state index >= 15 is 0 Å². The Bertz CT molecular complexity index is 1820. The van der Waals surface area contributed by atoms with Crippen LogP contribution >= 0.6 is 11.3 Å².